The monoisotopic (exact) mass is 227 g/mol. The highest BCUT2D eigenvalue weighted by molar-refractivity contribution is 6.16. The molecule has 0 unspecified atom stereocenters. The van der Waals surface area contributed by atoms with E-state index in [4.69, 9.17) is 16.0 Å². The Bertz CT molecular complexity index is 397. The van der Waals surface area contributed by atoms with Gasteiger partial charge in [0.2, 0.25) is 11.8 Å². The summed E-state index contributed by atoms with van der Waals surface area (Å²) in [4.78, 5) is 0. The molecule has 0 saturated heterocycles. The molecule has 0 aliphatic heterocycles. The van der Waals surface area contributed by atoms with E-state index in [2.05, 4.69) is 20.5 Å². The number of hydrogen-bond donors (Lipinski definition) is 0. The molecule has 2 aromatic heterocycles. The molecule has 0 bridgehead atoms. The van der Waals surface area contributed by atoms with Crippen molar-refractivity contribution in [3.8, 4) is 0 Å². The molecule has 0 fully saturated rings. The number of hydrogen-bond acceptors (Lipinski definition) is 5. The SMILES string of the molecule is CCc1nnc(Cn2cc(CCl)nn2)o1. The molecule has 0 aliphatic carbocycles. The molecule has 0 radical (unpaired) electrons. The lowest BCUT2D eigenvalue weighted by Gasteiger charge is -1.92. The van der Waals surface area contributed by atoms with Crippen molar-refractivity contribution >= 4 is 11.6 Å². The standard InChI is InChI=1S/C8H10ClN5O/c1-2-7-11-12-8(15-7)5-14-4-6(3-9)10-13-14/h4H,2-3,5H2,1H3. The third-order valence-corrected chi connectivity index (χ3v) is 2.11. The molecule has 0 spiro atoms. The quantitative estimate of drug-likeness (QED) is 0.729. The molecular formula is C8H10ClN5O. The van der Waals surface area contributed by atoms with E-state index >= 15 is 0 Å². The number of rotatable bonds is 4. The van der Waals surface area contributed by atoms with E-state index in [9.17, 15) is 0 Å². The van der Waals surface area contributed by atoms with Crippen LogP contribution in [-0.4, -0.2) is 25.2 Å². The third-order valence-electron chi connectivity index (χ3n) is 1.83. The predicted molar refractivity (Wildman–Crippen MR) is 52.4 cm³/mol. The largest absolute Gasteiger partial charge is 0.423 e. The fraction of sp³-hybridized carbons (Fsp3) is 0.500. The first kappa shape index (κ1) is 10.1. The zero-order chi connectivity index (χ0) is 10.7. The van der Waals surface area contributed by atoms with E-state index < -0.39 is 0 Å². The van der Waals surface area contributed by atoms with Gasteiger partial charge < -0.3 is 4.42 Å². The van der Waals surface area contributed by atoms with Crippen LogP contribution in [0.1, 0.15) is 24.4 Å². The summed E-state index contributed by atoms with van der Waals surface area (Å²) in [7, 11) is 0. The lowest BCUT2D eigenvalue weighted by atomic mass is 10.5. The highest BCUT2D eigenvalue weighted by Crippen LogP contribution is 2.03. The van der Waals surface area contributed by atoms with E-state index in [0.29, 0.717) is 24.2 Å². The smallest absolute Gasteiger partial charge is 0.237 e. The molecule has 0 aromatic carbocycles. The molecule has 0 aliphatic rings. The molecule has 0 N–H and O–H groups in total. The van der Waals surface area contributed by atoms with E-state index in [0.717, 1.165) is 12.1 Å². The average molecular weight is 228 g/mol. The van der Waals surface area contributed by atoms with Crippen LogP contribution < -0.4 is 0 Å². The molecule has 15 heavy (non-hydrogen) atoms. The van der Waals surface area contributed by atoms with Gasteiger partial charge in [-0.1, -0.05) is 12.1 Å². The second kappa shape index (κ2) is 4.39. The predicted octanol–water partition coefficient (Wildman–Crippen LogP) is 1.01. The summed E-state index contributed by atoms with van der Waals surface area (Å²) in [6.07, 6.45) is 2.49. The van der Waals surface area contributed by atoms with Crippen molar-refractivity contribution in [1.82, 2.24) is 25.2 Å². The molecule has 7 heteroatoms. The maximum Gasteiger partial charge on any atom is 0.237 e. The molecular weight excluding hydrogens is 218 g/mol. The summed E-state index contributed by atoms with van der Waals surface area (Å²) in [5.41, 5.74) is 0.729. The lowest BCUT2D eigenvalue weighted by Crippen LogP contribution is -2.00. The molecule has 2 aromatic rings. The summed E-state index contributed by atoms with van der Waals surface area (Å²) in [6, 6.07) is 0. The second-order valence-electron chi connectivity index (χ2n) is 2.98. The number of aryl methyl sites for hydroxylation is 1. The van der Waals surface area contributed by atoms with Crippen LogP contribution in [0.5, 0.6) is 0 Å². The van der Waals surface area contributed by atoms with E-state index in [-0.39, 0.29) is 0 Å². The summed E-state index contributed by atoms with van der Waals surface area (Å²) < 4.78 is 6.95. The first-order valence-electron chi connectivity index (χ1n) is 4.58. The maximum absolute atomic E-state index is 5.60. The van der Waals surface area contributed by atoms with Gasteiger partial charge in [0.05, 0.1) is 17.8 Å². The van der Waals surface area contributed by atoms with Gasteiger partial charge in [0, 0.05) is 6.42 Å². The Morgan fingerprint density at radius 1 is 1.33 bits per heavy atom. The molecule has 0 saturated carbocycles. The summed E-state index contributed by atoms with van der Waals surface area (Å²) in [6.45, 7) is 2.38. The van der Waals surface area contributed by atoms with Crippen molar-refractivity contribution in [3.05, 3.63) is 23.7 Å². The first-order valence-corrected chi connectivity index (χ1v) is 5.11. The van der Waals surface area contributed by atoms with Crippen molar-refractivity contribution in [2.75, 3.05) is 0 Å². The normalized spacial score (nSPS) is 10.8. The minimum absolute atomic E-state index is 0.351. The van der Waals surface area contributed by atoms with Crippen LogP contribution >= 0.6 is 11.6 Å². The highest BCUT2D eigenvalue weighted by atomic mass is 35.5. The van der Waals surface area contributed by atoms with Gasteiger partial charge in [-0.15, -0.1) is 26.9 Å². The summed E-state index contributed by atoms with van der Waals surface area (Å²) >= 11 is 5.60. The topological polar surface area (TPSA) is 69.6 Å². The van der Waals surface area contributed by atoms with Gasteiger partial charge in [-0.3, -0.25) is 0 Å². The molecule has 6 nitrogen and oxygen atoms in total. The van der Waals surface area contributed by atoms with Gasteiger partial charge in [0.25, 0.3) is 0 Å². The number of aromatic nitrogens is 5. The lowest BCUT2D eigenvalue weighted by molar-refractivity contribution is 0.430. The Hall–Kier alpha value is -1.43. The van der Waals surface area contributed by atoms with Crippen molar-refractivity contribution < 1.29 is 4.42 Å². The molecule has 0 atom stereocenters. The van der Waals surface area contributed by atoms with E-state index in [1.807, 2.05) is 6.92 Å². The van der Waals surface area contributed by atoms with Crippen LogP contribution in [0.3, 0.4) is 0 Å². The van der Waals surface area contributed by atoms with Crippen molar-refractivity contribution in [3.63, 3.8) is 0 Å². The minimum atomic E-state index is 0.351. The number of nitrogens with zero attached hydrogens (tertiary/aromatic N) is 5. The van der Waals surface area contributed by atoms with Gasteiger partial charge in [-0.25, -0.2) is 4.68 Å². The Labute approximate surface area is 91.2 Å². The Kier molecular flexibility index (Phi) is 2.96. The highest BCUT2D eigenvalue weighted by Gasteiger charge is 2.06. The van der Waals surface area contributed by atoms with E-state index in [1.54, 1.807) is 10.9 Å². The number of alkyl halides is 1. The molecule has 0 amide bonds. The zero-order valence-corrected chi connectivity index (χ0v) is 8.98. The summed E-state index contributed by atoms with van der Waals surface area (Å²) in [5, 5.41) is 15.5. The molecule has 2 heterocycles. The first-order chi connectivity index (χ1) is 7.31. The van der Waals surface area contributed by atoms with Gasteiger partial charge in [0.1, 0.15) is 6.54 Å². The van der Waals surface area contributed by atoms with Crippen molar-refractivity contribution in [2.45, 2.75) is 25.8 Å². The third kappa shape index (κ3) is 2.33. The van der Waals surface area contributed by atoms with Crippen LogP contribution in [0.15, 0.2) is 10.6 Å². The zero-order valence-electron chi connectivity index (χ0n) is 8.22. The van der Waals surface area contributed by atoms with Crippen LogP contribution in [0.2, 0.25) is 0 Å². The maximum atomic E-state index is 5.60. The fourth-order valence-electron chi connectivity index (χ4n) is 1.11. The average Bonchev–Trinajstić information content (AvgIpc) is 2.87. The van der Waals surface area contributed by atoms with Gasteiger partial charge in [-0.05, 0) is 0 Å². The fourth-order valence-corrected chi connectivity index (χ4v) is 1.23. The minimum Gasteiger partial charge on any atom is -0.423 e. The Morgan fingerprint density at radius 2 is 2.13 bits per heavy atom. The van der Waals surface area contributed by atoms with Crippen molar-refractivity contribution in [1.29, 1.82) is 0 Å². The molecule has 2 rings (SSSR count). The second-order valence-corrected chi connectivity index (χ2v) is 3.25. The van der Waals surface area contributed by atoms with Crippen LogP contribution in [0.4, 0.5) is 0 Å². The van der Waals surface area contributed by atoms with Crippen LogP contribution in [0, 0.1) is 0 Å². The Morgan fingerprint density at radius 3 is 2.73 bits per heavy atom. The van der Waals surface area contributed by atoms with E-state index in [1.165, 1.54) is 0 Å². The van der Waals surface area contributed by atoms with Gasteiger partial charge >= 0.3 is 0 Å². The Balaban J connectivity index is 2.07. The van der Waals surface area contributed by atoms with Gasteiger partial charge in [0.15, 0.2) is 0 Å². The van der Waals surface area contributed by atoms with Gasteiger partial charge in [-0.2, -0.15) is 0 Å². The molecule has 80 valence electrons. The van der Waals surface area contributed by atoms with Crippen molar-refractivity contribution in [2.24, 2.45) is 0 Å². The summed E-state index contributed by atoms with van der Waals surface area (Å²) in [5.74, 6) is 1.50. The van der Waals surface area contributed by atoms with Crippen LogP contribution in [-0.2, 0) is 18.8 Å². The van der Waals surface area contributed by atoms with Crippen LogP contribution in [0.25, 0.3) is 0 Å². The number of halogens is 1.